The Morgan fingerprint density at radius 1 is 0.446 bits per heavy atom. The average molecular weight is 993 g/mol. The predicted molar refractivity (Wildman–Crippen MR) is 316 cm³/mol. The molecule has 1 aromatic heterocycles. The molecule has 0 saturated heterocycles. The second kappa shape index (κ2) is 15.3. The Morgan fingerprint density at radius 3 is 1.49 bits per heavy atom. The molecule has 6 aromatic carbocycles. The van der Waals surface area contributed by atoms with Gasteiger partial charge in [-0.1, -0.05) is 162 Å². The van der Waals surface area contributed by atoms with Crippen molar-refractivity contribution in [2.45, 2.75) is 186 Å². The van der Waals surface area contributed by atoms with Gasteiger partial charge in [0.05, 0.1) is 11.1 Å². The number of hydrogen-bond acceptors (Lipinski definition) is 4. The Balaban J connectivity index is 1.17. The van der Waals surface area contributed by atoms with E-state index in [2.05, 4.69) is 246 Å². The molecule has 0 saturated carbocycles. The van der Waals surface area contributed by atoms with Crippen molar-refractivity contribution in [1.82, 2.24) is 0 Å². The van der Waals surface area contributed by atoms with E-state index in [0.29, 0.717) is 0 Å². The quantitative estimate of drug-likeness (QED) is 0.163. The summed E-state index contributed by atoms with van der Waals surface area (Å²) in [4.78, 5) is 7.00. The first kappa shape index (κ1) is 48.1. The van der Waals surface area contributed by atoms with Crippen LogP contribution < -0.4 is 30.2 Å². The fourth-order valence-corrected chi connectivity index (χ4v) is 17.0. The lowest BCUT2D eigenvalue weighted by atomic mass is 9.35. The SMILES string of the molecule is Cc1cc2c3c(c1)N(c1ccc4c(c1)C(C)(C)CCC4(C)C)c1c(sc4c1C(C)(C)CCC4(C)C)B3c1c(ccc3c1OC(C)(c1ccccc1)C3(C)c1ccccc1)N2c1ccc2c(c1)C(C)(C)CCC2(C)C. The Labute approximate surface area is 447 Å². The standard InChI is InChI=1S/C69H77BN2OS/c1-42-38-53-56-54(39-42)72(46-27-29-48-51(41-46)65(8,9)35-33-63(48,4)5)58-55-60(67(12,13)37-36-66(55,10)11)74-61(58)70(56)57-52(71(53)45-26-28-47-50(40-45)64(6,7)34-32-62(47,2)3)31-30-49-59(57)73-69(15,44-24-20-17-21-25-44)68(49,14)43-22-18-16-19-23-43/h16-31,38-41H,32-37H2,1-15H3. The second-order valence-corrected chi connectivity index (χ2v) is 29.0. The number of thiophene rings is 1. The molecule has 5 heteroatoms. The van der Waals surface area contributed by atoms with Gasteiger partial charge in [0.2, 0.25) is 0 Å². The summed E-state index contributed by atoms with van der Waals surface area (Å²) >= 11 is 2.12. The highest BCUT2D eigenvalue weighted by molar-refractivity contribution is 7.29. The minimum absolute atomic E-state index is 0.0193. The van der Waals surface area contributed by atoms with Crippen molar-refractivity contribution in [2.24, 2.45) is 0 Å². The van der Waals surface area contributed by atoms with Crippen LogP contribution >= 0.6 is 11.3 Å². The zero-order valence-corrected chi connectivity index (χ0v) is 47.9. The molecule has 0 N–H and O–H groups in total. The van der Waals surface area contributed by atoms with Gasteiger partial charge in [0.15, 0.2) is 0 Å². The fourth-order valence-electron chi connectivity index (χ4n) is 15.3. The summed E-state index contributed by atoms with van der Waals surface area (Å²) in [7, 11) is 0. The first-order valence-electron chi connectivity index (χ1n) is 28.0. The molecule has 6 aliphatic rings. The highest BCUT2D eigenvalue weighted by Crippen LogP contribution is 2.62. The number of nitrogens with zero attached hydrogens (tertiary/aromatic N) is 2. The van der Waals surface area contributed by atoms with Crippen LogP contribution in [0.1, 0.15) is 190 Å². The number of fused-ring (bicyclic) bond motifs is 10. The largest absolute Gasteiger partial charge is 0.482 e. The molecule has 0 amide bonds. The van der Waals surface area contributed by atoms with Crippen LogP contribution in [-0.2, 0) is 43.5 Å². The molecule has 4 heterocycles. The molecule has 74 heavy (non-hydrogen) atoms. The molecule has 0 bridgehead atoms. The maximum atomic E-state index is 8.10. The summed E-state index contributed by atoms with van der Waals surface area (Å²) in [6, 6.07) is 47.4. The van der Waals surface area contributed by atoms with Gasteiger partial charge in [0.25, 0.3) is 6.71 Å². The second-order valence-electron chi connectivity index (χ2n) is 28.0. The lowest BCUT2D eigenvalue weighted by Gasteiger charge is -2.47. The van der Waals surface area contributed by atoms with Crippen LogP contribution in [-0.4, -0.2) is 6.71 Å². The number of anilines is 6. The minimum atomic E-state index is -0.721. The van der Waals surface area contributed by atoms with Crippen LogP contribution in [0.4, 0.5) is 34.1 Å². The van der Waals surface area contributed by atoms with E-state index in [0.717, 1.165) is 25.0 Å². The van der Waals surface area contributed by atoms with Crippen LogP contribution in [0.25, 0.3) is 0 Å². The van der Waals surface area contributed by atoms with Gasteiger partial charge in [-0.3, -0.25) is 0 Å². The van der Waals surface area contributed by atoms with Gasteiger partial charge in [0.1, 0.15) is 11.4 Å². The van der Waals surface area contributed by atoms with E-state index in [4.69, 9.17) is 4.74 Å². The summed E-state index contributed by atoms with van der Waals surface area (Å²) in [6.45, 7) is 36.9. The van der Waals surface area contributed by atoms with E-state index < -0.39 is 11.0 Å². The average Bonchev–Trinajstić information content (AvgIpc) is 3.91. The van der Waals surface area contributed by atoms with E-state index in [1.807, 2.05) is 0 Å². The fraction of sp³-hybridized carbons (Fsp3) is 0.420. The molecule has 13 rings (SSSR count). The van der Waals surface area contributed by atoms with Crippen molar-refractivity contribution in [2.75, 3.05) is 9.80 Å². The summed E-state index contributed by atoms with van der Waals surface area (Å²) in [6.07, 6.45) is 7.02. The Bertz CT molecular complexity index is 3500. The molecule has 0 spiro atoms. The maximum absolute atomic E-state index is 8.10. The Hall–Kier alpha value is -5.52. The van der Waals surface area contributed by atoms with Gasteiger partial charge >= 0.3 is 0 Å². The third kappa shape index (κ3) is 6.44. The lowest BCUT2D eigenvalue weighted by Crippen LogP contribution is -2.61. The van der Waals surface area contributed by atoms with E-state index in [1.54, 1.807) is 10.4 Å². The molecular formula is C69H77BN2OS. The third-order valence-electron chi connectivity index (χ3n) is 20.5. The molecular weight excluding hydrogens is 916 g/mol. The van der Waals surface area contributed by atoms with Crippen LogP contribution in [0.15, 0.2) is 121 Å². The summed E-state index contributed by atoms with van der Waals surface area (Å²) in [5, 5.41) is 0. The van der Waals surface area contributed by atoms with E-state index in [-0.39, 0.29) is 39.2 Å². The zero-order valence-electron chi connectivity index (χ0n) is 47.1. The highest BCUT2D eigenvalue weighted by Gasteiger charge is 2.60. The molecule has 0 radical (unpaired) electrons. The molecule has 3 aliphatic carbocycles. The molecule has 3 nitrogen and oxygen atoms in total. The highest BCUT2D eigenvalue weighted by atomic mass is 32.1. The van der Waals surface area contributed by atoms with Crippen LogP contribution in [0.2, 0.25) is 0 Å². The van der Waals surface area contributed by atoms with E-state index in [1.165, 1.54) is 114 Å². The van der Waals surface area contributed by atoms with Crippen LogP contribution in [0, 0.1) is 6.92 Å². The monoisotopic (exact) mass is 993 g/mol. The normalized spacial score (nSPS) is 24.3. The Morgan fingerprint density at radius 2 is 0.919 bits per heavy atom. The van der Waals surface area contributed by atoms with Gasteiger partial charge in [-0.05, 0) is 190 Å². The molecule has 3 aliphatic heterocycles. The van der Waals surface area contributed by atoms with Gasteiger partial charge in [-0.25, -0.2) is 0 Å². The summed E-state index contributed by atoms with van der Waals surface area (Å²) < 4.78 is 9.55. The van der Waals surface area contributed by atoms with Crippen molar-refractivity contribution < 1.29 is 4.74 Å². The van der Waals surface area contributed by atoms with Crippen molar-refractivity contribution >= 4 is 67.9 Å². The lowest BCUT2D eigenvalue weighted by molar-refractivity contribution is 0.0586. The third-order valence-corrected chi connectivity index (χ3v) is 22.1. The minimum Gasteiger partial charge on any atom is -0.482 e. The van der Waals surface area contributed by atoms with Crippen molar-refractivity contribution in [3.8, 4) is 5.75 Å². The molecule has 7 aromatic rings. The predicted octanol–water partition coefficient (Wildman–Crippen LogP) is 16.8. The van der Waals surface area contributed by atoms with Gasteiger partial charge in [0, 0.05) is 43.7 Å². The van der Waals surface area contributed by atoms with Crippen molar-refractivity contribution in [1.29, 1.82) is 0 Å². The number of hydrogen-bond donors (Lipinski definition) is 0. The molecule has 2 atom stereocenters. The summed E-state index contributed by atoms with van der Waals surface area (Å²) in [5.74, 6) is 1.04. The smallest absolute Gasteiger partial charge is 0.269 e. The van der Waals surface area contributed by atoms with Gasteiger partial charge in [-0.15, -0.1) is 0 Å². The van der Waals surface area contributed by atoms with Crippen molar-refractivity contribution in [3.05, 3.63) is 176 Å². The van der Waals surface area contributed by atoms with Gasteiger partial charge < -0.3 is 14.5 Å². The summed E-state index contributed by atoms with van der Waals surface area (Å²) in [5.41, 5.74) is 21.9. The Kier molecular flexibility index (Phi) is 9.98. The number of ether oxygens (including phenoxy) is 1. The van der Waals surface area contributed by atoms with Gasteiger partial charge in [-0.2, -0.15) is 11.3 Å². The van der Waals surface area contributed by atoms with Crippen LogP contribution in [0.3, 0.4) is 0 Å². The van der Waals surface area contributed by atoms with Crippen molar-refractivity contribution in [3.63, 3.8) is 0 Å². The first-order chi connectivity index (χ1) is 34.8. The zero-order chi connectivity index (χ0) is 52.1. The molecule has 378 valence electrons. The molecule has 2 unspecified atom stereocenters. The van der Waals surface area contributed by atoms with Crippen LogP contribution in [0.5, 0.6) is 5.75 Å². The number of benzene rings is 6. The van der Waals surface area contributed by atoms with E-state index in [9.17, 15) is 0 Å². The first-order valence-corrected chi connectivity index (χ1v) is 28.8. The van der Waals surface area contributed by atoms with E-state index >= 15 is 0 Å². The number of rotatable bonds is 4. The maximum Gasteiger partial charge on any atom is 0.269 e. The number of aryl methyl sites for hydroxylation is 1. The topological polar surface area (TPSA) is 15.7 Å². The molecule has 0 fully saturated rings.